The second kappa shape index (κ2) is 10.2. The first-order valence-corrected chi connectivity index (χ1v) is 12.6. The predicted octanol–water partition coefficient (Wildman–Crippen LogP) is 0.337. The van der Waals surface area contributed by atoms with Crippen LogP contribution in [0.15, 0.2) is 59.8 Å². The van der Waals surface area contributed by atoms with Crippen LogP contribution in [0.3, 0.4) is 0 Å². The summed E-state index contributed by atoms with van der Waals surface area (Å²) in [5.74, 6) is 0. The molecule has 0 aromatic rings. The van der Waals surface area contributed by atoms with E-state index in [1.165, 1.54) is 51.4 Å². The Hall–Kier alpha value is 0.150. The molecule has 0 aromatic heterocycles. The Kier molecular flexibility index (Phi) is 9.41. The van der Waals surface area contributed by atoms with Gasteiger partial charge in [0.2, 0.25) is 0 Å². The summed E-state index contributed by atoms with van der Waals surface area (Å²) in [5, 5.41) is 0. The minimum Gasteiger partial charge on any atom is -1.00 e. The van der Waals surface area contributed by atoms with Crippen LogP contribution in [0.1, 0.15) is 51.4 Å². The first-order valence-electron chi connectivity index (χ1n) is 8.48. The summed E-state index contributed by atoms with van der Waals surface area (Å²) in [6.45, 7) is 6.00. The van der Waals surface area contributed by atoms with Gasteiger partial charge < -0.3 is 24.8 Å². The molecular formula is C20H26Cl2Hf. The van der Waals surface area contributed by atoms with Gasteiger partial charge >= 0.3 is 128 Å². The fraction of sp³-hybridized carbons (Fsp3) is 0.500. The van der Waals surface area contributed by atoms with Crippen LogP contribution in [-0.2, 0) is 22.9 Å². The number of halogens is 2. The van der Waals surface area contributed by atoms with E-state index in [0.717, 1.165) is 7.35 Å². The third-order valence-corrected chi connectivity index (χ3v) is 11.7. The maximum absolute atomic E-state index is 3.00. The normalized spacial score (nSPS) is 27.1. The Morgan fingerprint density at radius 2 is 1.09 bits per heavy atom. The number of allylic oxidation sites excluding steroid dienone is 8. The third kappa shape index (κ3) is 4.61. The van der Waals surface area contributed by atoms with E-state index < -0.39 is 22.9 Å². The van der Waals surface area contributed by atoms with Crippen LogP contribution >= 0.6 is 0 Å². The van der Waals surface area contributed by atoms with Gasteiger partial charge in [-0.1, -0.05) is 0 Å². The topological polar surface area (TPSA) is 0 Å². The van der Waals surface area contributed by atoms with Crippen LogP contribution < -0.4 is 24.8 Å². The molecule has 0 amide bonds. The van der Waals surface area contributed by atoms with Crippen molar-refractivity contribution < 1.29 is 47.7 Å². The maximum atomic E-state index is 3.00. The quantitative estimate of drug-likeness (QED) is 0.368. The minimum atomic E-state index is -0.620. The van der Waals surface area contributed by atoms with Crippen LogP contribution in [0.4, 0.5) is 0 Å². The zero-order valence-corrected chi connectivity index (χ0v) is 18.9. The Morgan fingerprint density at radius 3 is 1.52 bits per heavy atom. The van der Waals surface area contributed by atoms with Crippen LogP contribution in [0, 0.1) is 0 Å². The van der Waals surface area contributed by atoms with E-state index in [2.05, 4.69) is 37.5 Å². The predicted molar refractivity (Wildman–Crippen MR) is 88.0 cm³/mol. The first-order chi connectivity index (χ1) is 10.4. The van der Waals surface area contributed by atoms with Gasteiger partial charge in [-0.2, -0.15) is 0 Å². The van der Waals surface area contributed by atoms with Gasteiger partial charge in [0.05, 0.1) is 0 Å². The van der Waals surface area contributed by atoms with Crippen LogP contribution in [-0.4, -0.2) is 0 Å². The zero-order valence-electron chi connectivity index (χ0n) is 13.8. The van der Waals surface area contributed by atoms with Crippen molar-refractivity contribution in [2.75, 3.05) is 0 Å². The Labute approximate surface area is 165 Å². The molecule has 23 heavy (non-hydrogen) atoms. The fourth-order valence-electron chi connectivity index (χ4n) is 4.16. The van der Waals surface area contributed by atoms with Gasteiger partial charge in [0.1, 0.15) is 0 Å². The van der Waals surface area contributed by atoms with E-state index in [9.17, 15) is 0 Å². The van der Waals surface area contributed by atoms with Gasteiger partial charge in [0.25, 0.3) is 0 Å². The van der Waals surface area contributed by atoms with Crippen molar-refractivity contribution >= 4 is 0 Å². The third-order valence-electron chi connectivity index (χ3n) is 5.20. The van der Waals surface area contributed by atoms with Gasteiger partial charge in [-0.3, -0.25) is 0 Å². The monoisotopic (exact) mass is 516 g/mol. The molecule has 0 spiro atoms. The molecule has 0 N–H and O–H groups in total. The van der Waals surface area contributed by atoms with Gasteiger partial charge in [-0.15, -0.1) is 13.2 Å². The summed E-state index contributed by atoms with van der Waals surface area (Å²) in [6.07, 6.45) is 21.5. The Morgan fingerprint density at radius 1 is 0.696 bits per heavy atom. The van der Waals surface area contributed by atoms with E-state index in [1.807, 2.05) is 11.1 Å². The number of rotatable bonds is 2. The van der Waals surface area contributed by atoms with Crippen molar-refractivity contribution in [3.8, 4) is 0 Å². The molecule has 4 aliphatic rings. The van der Waals surface area contributed by atoms with Crippen LogP contribution in [0.2, 0.25) is 7.35 Å². The molecule has 4 rings (SSSR count). The van der Waals surface area contributed by atoms with E-state index in [4.69, 9.17) is 0 Å². The standard InChI is InChI=1S/2C9H11.C2H4.2ClH.Hf/c2*1-2-5-9-7-3-6-8(9)4-1;1-2;;;/h2*3,6-7H,1-2,4-5H2;1-2H2;2*1H;/q;;;;;+2/p-2. The van der Waals surface area contributed by atoms with E-state index in [-0.39, 0.29) is 24.8 Å². The SMILES string of the molecule is C1=C[CH]([Hf+2][CH]2C=CC3=C2CCCC3)C2=C1CCCC2.C=C.[Cl-].[Cl-]. The molecule has 0 fully saturated rings. The molecule has 124 valence electrons. The van der Waals surface area contributed by atoms with E-state index in [1.54, 1.807) is 11.1 Å². The molecule has 2 atom stereocenters. The molecular weight excluding hydrogens is 490 g/mol. The molecule has 0 bridgehead atoms. The van der Waals surface area contributed by atoms with Gasteiger partial charge in [0, 0.05) is 0 Å². The van der Waals surface area contributed by atoms with Crippen LogP contribution in [0.25, 0.3) is 0 Å². The fourth-order valence-corrected chi connectivity index (χ4v) is 10.9. The molecule has 0 radical (unpaired) electrons. The largest absolute Gasteiger partial charge is 1.00 e. The van der Waals surface area contributed by atoms with Crippen molar-refractivity contribution in [2.24, 2.45) is 0 Å². The zero-order chi connectivity index (χ0) is 14.7. The average molecular weight is 516 g/mol. The summed E-state index contributed by atoms with van der Waals surface area (Å²) < 4.78 is 1.91. The van der Waals surface area contributed by atoms with Crippen molar-refractivity contribution in [1.29, 1.82) is 0 Å². The van der Waals surface area contributed by atoms with Gasteiger partial charge in [0.15, 0.2) is 0 Å². The summed E-state index contributed by atoms with van der Waals surface area (Å²) >= 11 is -0.620. The smallest absolute Gasteiger partial charge is 0.106 e. The van der Waals surface area contributed by atoms with Crippen molar-refractivity contribution in [3.63, 3.8) is 0 Å². The van der Waals surface area contributed by atoms with Crippen molar-refractivity contribution in [3.05, 3.63) is 59.8 Å². The minimum absolute atomic E-state index is 0. The second-order valence-electron chi connectivity index (χ2n) is 6.36. The average Bonchev–Trinajstić information content (AvgIpc) is 3.15. The molecule has 0 aromatic carbocycles. The molecule has 0 aliphatic heterocycles. The van der Waals surface area contributed by atoms with Crippen molar-refractivity contribution in [1.82, 2.24) is 0 Å². The molecule has 0 nitrogen and oxygen atoms in total. The molecule has 0 saturated carbocycles. The summed E-state index contributed by atoms with van der Waals surface area (Å²) in [6, 6.07) is 0. The first kappa shape index (κ1) is 21.2. The summed E-state index contributed by atoms with van der Waals surface area (Å²) in [5.41, 5.74) is 7.24. The molecule has 0 saturated heterocycles. The second-order valence-corrected chi connectivity index (χ2v) is 12.0. The molecule has 3 heteroatoms. The molecule has 2 unspecified atom stereocenters. The van der Waals surface area contributed by atoms with Gasteiger partial charge in [-0.05, 0) is 0 Å². The Balaban J connectivity index is 0.000000638. The summed E-state index contributed by atoms with van der Waals surface area (Å²) in [7, 11) is 0. The number of hydrogen-bond acceptors (Lipinski definition) is 0. The Bertz CT molecular complexity index is 482. The maximum Gasteiger partial charge on any atom is -0.106 e. The summed E-state index contributed by atoms with van der Waals surface area (Å²) in [4.78, 5) is 0. The van der Waals surface area contributed by atoms with Crippen molar-refractivity contribution in [2.45, 2.75) is 58.7 Å². The van der Waals surface area contributed by atoms with E-state index >= 15 is 0 Å². The molecule has 4 aliphatic carbocycles. The van der Waals surface area contributed by atoms with Gasteiger partial charge in [-0.25, -0.2) is 0 Å². The molecule has 0 heterocycles. The van der Waals surface area contributed by atoms with E-state index in [0.29, 0.717) is 0 Å². The number of hydrogen-bond donors (Lipinski definition) is 0. The van der Waals surface area contributed by atoms with Crippen LogP contribution in [0.5, 0.6) is 0 Å².